The van der Waals surface area contributed by atoms with E-state index in [2.05, 4.69) is 0 Å². The minimum Gasteiger partial charge on any atom is -0.393 e. The third kappa shape index (κ3) is 4.79. The van der Waals surface area contributed by atoms with Gasteiger partial charge in [0.1, 0.15) is 9.84 Å². The molecule has 6 nitrogen and oxygen atoms in total. The first-order valence-corrected chi connectivity index (χ1v) is 9.64. The molecule has 1 heterocycles. The summed E-state index contributed by atoms with van der Waals surface area (Å²) in [4.78, 5) is 0.420. The largest absolute Gasteiger partial charge is 0.393 e. The molecule has 1 rings (SSSR count). The van der Waals surface area contributed by atoms with Gasteiger partial charge < -0.3 is 5.73 Å². The molecule has 0 saturated carbocycles. The van der Waals surface area contributed by atoms with Gasteiger partial charge in [-0.15, -0.1) is 0 Å². The predicted molar refractivity (Wildman–Crippen MR) is 74.6 cm³/mol. The molecule has 1 saturated heterocycles. The number of hydrogen-bond donors (Lipinski definition) is 1. The second kappa shape index (κ2) is 5.81. The van der Waals surface area contributed by atoms with Crippen LogP contribution in [0.2, 0.25) is 0 Å². The van der Waals surface area contributed by atoms with Gasteiger partial charge in [0.05, 0.1) is 16.5 Å². The van der Waals surface area contributed by atoms with Crippen LogP contribution in [0.1, 0.15) is 12.8 Å². The van der Waals surface area contributed by atoms with Gasteiger partial charge in [0.2, 0.25) is 10.0 Å². The average Bonchev–Trinajstić information content (AvgIpc) is 2.26. The zero-order valence-electron chi connectivity index (χ0n) is 10.2. The molecule has 0 atom stereocenters. The summed E-state index contributed by atoms with van der Waals surface area (Å²) in [6.45, 7) is 0.711. The number of thiocarbonyl (C=S) groups is 1. The minimum absolute atomic E-state index is 0.0846. The number of sulfonamides is 1. The summed E-state index contributed by atoms with van der Waals surface area (Å²) >= 11 is 4.88. The topological polar surface area (TPSA) is 97.5 Å². The summed E-state index contributed by atoms with van der Waals surface area (Å²) in [6, 6.07) is 0. The fraction of sp³-hybridized carbons (Fsp3) is 0.889. The lowest BCUT2D eigenvalue weighted by Gasteiger charge is -2.30. The first-order chi connectivity index (χ1) is 8.12. The van der Waals surface area contributed by atoms with Crippen molar-refractivity contribution in [1.29, 1.82) is 0 Å². The van der Waals surface area contributed by atoms with Crippen LogP contribution in [0, 0.1) is 5.92 Å². The lowest BCUT2D eigenvalue weighted by molar-refractivity contribution is 0.317. The standard InChI is InChI=1S/C9H18N2O4S3/c1-17(12,13)6-7-18(14,15)11-4-2-8(3-5-11)9(10)16/h8H,2-7H2,1H3,(H2,10,16). The van der Waals surface area contributed by atoms with Crippen LogP contribution in [-0.4, -0.2) is 57.0 Å². The summed E-state index contributed by atoms with van der Waals surface area (Å²) in [6.07, 6.45) is 2.24. The van der Waals surface area contributed by atoms with Crippen molar-refractivity contribution in [1.82, 2.24) is 4.31 Å². The second-order valence-corrected chi connectivity index (χ2v) is 9.34. The second-order valence-electron chi connectivity index (χ2n) is 4.52. The Bertz CT molecular complexity index is 504. The maximum absolute atomic E-state index is 11.9. The Morgan fingerprint density at radius 1 is 1.22 bits per heavy atom. The Morgan fingerprint density at radius 2 is 1.72 bits per heavy atom. The van der Waals surface area contributed by atoms with Crippen LogP contribution in [0.4, 0.5) is 0 Å². The molecular formula is C9H18N2O4S3. The van der Waals surface area contributed by atoms with Crippen molar-refractivity contribution in [2.45, 2.75) is 12.8 Å². The van der Waals surface area contributed by atoms with Gasteiger partial charge in [0, 0.05) is 25.3 Å². The molecule has 0 aromatic heterocycles. The Hall–Kier alpha value is -0.250. The first-order valence-electron chi connectivity index (χ1n) is 5.57. The van der Waals surface area contributed by atoms with Gasteiger partial charge in [0.15, 0.2) is 0 Å². The summed E-state index contributed by atoms with van der Waals surface area (Å²) in [5.74, 6) is -0.616. The maximum Gasteiger partial charge on any atom is 0.215 e. The van der Waals surface area contributed by atoms with Crippen molar-refractivity contribution in [3.63, 3.8) is 0 Å². The van der Waals surface area contributed by atoms with Crippen molar-refractivity contribution in [2.75, 3.05) is 30.9 Å². The third-order valence-corrected chi connectivity index (χ3v) is 6.37. The molecule has 18 heavy (non-hydrogen) atoms. The first kappa shape index (κ1) is 15.8. The average molecular weight is 314 g/mol. The monoisotopic (exact) mass is 314 g/mol. The Kier molecular flexibility index (Phi) is 5.10. The van der Waals surface area contributed by atoms with Crippen LogP contribution in [0.25, 0.3) is 0 Å². The number of sulfone groups is 1. The van der Waals surface area contributed by atoms with Gasteiger partial charge in [-0.3, -0.25) is 0 Å². The van der Waals surface area contributed by atoms with E-state index in [1.165, 1.54) is 4.31 Å². The van der Waals surface area contributed by atoms with Crippen molar-refractivity contribution < 1.29 is 16.8 Å². The fourth-order valence-corrected chi connectivity index (χ4v) is 5.12. The van der Waals surface area contributed by atoms with Crippen LogP contribution in [0.15, 0.2) is 0 Å². The molecule has 0 bridgehead atoms. The molecular weight excluding hydrogens is 296 g/mol. The summed E-state index contributed by atoms with van der Waals surface area (Å²) in [5, 5.41) is 0. The lowest BCUT2D eigenvalue weighted by atomic mass is 9.98. The van der Waals surface area contributed by atoms with Crippen LogP contribution in [-0.2, 0) is 19.9 Å². The number of piperidine rings is 1. The Labute approximate surface area is 113 Å². The van der Waals surface area contributed by atoms with E-state index in [0.29, 0.717) is 30.9 Å². The van der Waals surface area contributed by atoms with E-state index in [9.17, 15) is 16.8 Å². The quantitative estimate of drug-likeness (QED) is 0.678. The number of hydrogen-bond acceptors (Lipinski definition) is 5. The molecule has 0 aromatic carbocycles. The molecule has 1 aliphatic heterocycles. The van der Waals surface area contributed by atoms with Gasteiger partial charge in [0.25, 0.3) is 0 Å². The minimum atomic E-state index is -3.50. The number of nitrogens with zero attached hydrogens (tertiary/aromatic N) is 1. The van der Waals surface area contributed by atoms with Crippen LogP contribution in [0.3, 0.4) is 0 Å². The highest BCUT2D eigenvalue weighted by atomic mass is 32.2. The van der Waals surface area contributed by atoms with Crippen LogP contribution < -0.4 is 5.73 Å². The van der Waals surface area contributed by atoms with E-state index in [1.807, 2.05) is 0 Å². The smallest absolute Gasteiger partial charge is 0.215 e. The molecule has 0 unspecified atom stereocenters. The van der Waals surface area contributed by atoms with Gasteiger partial charge in [-0.05, 0) is 12.8 Å². The third-order valence-electron chi connectivity index (χ3n) is 2.96. The fourth-order valence-electron chi connectivity index (χ4n) is 1.80. The molecule has 0 radical (unpaired) electrons. The van der Waals surface area contributed by atoms with E-state index in [0.717, 1.165) is 6.26 Å². The van der Waals surface area contributed by atoms with Gasteiger partial charge in [-0.25, -0.2) is 21.1 Å². The Balaban J connectivity index is 2.58. The Morgan fingerprint density at radius 3 is 2.11 bits per heavy atom. The SMILES string of the molecule is CS(=O)(=O)CCS(=O)(=O)N1CCC(C(N)=S)CC1. The van der Waals surface area contributed by atoms with Gasteiger partial charge in [-0.1, -0.05) is 12.2 Å². The molecule has 0 aromatic rings. The summed E-state index contributed by atoms with van der Waals surface area (Å²) in [7, 11) is -6.76. The lowest BCUT2D eigenvalue weighted by Crippen LogP contribution is -2.43. The van der Waals surface area contributed by atoms with Crippen molar-refractivity contribution in [3.05, 3.63) is 0 Å². The highest BCUT2D eigenvalue weighted by Crippen LogP contribution is 2.20. The highest BCUT2D eigenvalue weighted by molar-refractivity contribution is 7.93. The molecule has 0 amide bonds. The molecule has 0 aliphatic carbocycles. The van der Waals surface area contributed by atoms with Crippen LogP contribution in [0.5, 0.6) is 0 Å². The van der Waals surface area contributed by atoms with Crippen molar-refractivity contribution >= 4 is 37.1 Å². The van der Waals surface area contributed by atoms with Crippen molar-refractivity contribution in [2.24, 2.45) is 11.7 Å². The molecule has 2 N–H and O–H groups in total. The predicted octanol–water partition coefficient (Wildman–Crippen LogP) is -0.641. The normalized spacial score (nSPS) is 19.8. The molecule has 0 spiro atoms. The number of rotatable bonds is 5. The van der Waals surface area contributed by atoms with Gasteiger partial charge in [-0.2, -0.15) is 0 Å². The van der Waals surface area contributed by atoms with E-state index in [1.54, 1.807) is 0 Å². The molecule has 106 valence electrons. The summed E-state index contributed by atoms with van der Waals surface area (Å²) < 4.78 is 47.1. The molecule has 9 heteroatoms. The zero-order chi connectivity index (χ0) is 14.0. The van der Waals surface area contributed by atoms with E-state index < -0.39 is 19.9 Å². The van der Waals surface area contributed by atoms with Crippen LogP contribution >= 0.6 is 12.2 Å². The number of nitrogens with two attached hydrogens (primary N) is 1. The van der Waals surface area contributed by atoms with E-state index >= 15 is 0 Å². The highest BCUT2D eigenvalue weighted by Gasteiger charge is 2.29. The zero-order valence-corrected chi connectivity index (χ0v) is 12.7. The van der Waals surface area contributed by atoms with E-state index in [4.69, 9.17) is 18.0 Å². The van der Waals surface area contributed by atoms with E-state index in [-0.39, 0.29) is 17.4 Å². The van der Waals surface area contributed by atoms with Crippen molar-refractivity contribution in [3.8, 4) is 0 Å². The molecule has 1 fully saturated rings. The summed E-state index contributed by atoms with van der Waals surface area (Å²) in [5.41, 5.74) is 5.52. The van der Waals surface area contributed by atoms with Gasteiger partial charge >= 0.3 is 0 Å². The molecule has 1 aliphatic rings. The maximum atomic E-state index is 11.9.